The molecule has 1 amide bonds. The van der Waals surface area contributed by atoms with E-state index in [1.807, 2.05) is 0 Å². The lowest BCUT2D eigenvalue weighted by Crippen LogP contribution is -2.08. The van der Waals surface area contributed by atoms with Crippen molar-refractivity contribution in [2.75, 3.05) is 13.2 Å². The van der Waals surface area contributed by atoms with Gasteiger partial charge in [0.1, 0.15) is 0 Å². The van der Waals surface area contributed by atoms with Gasteiger partial charge in [-0.3, -0.25) is 4.79 Å². The number of aliphatic hydroxyl groups excluding tert-OH is 1. The number of ether oxygens (including phenoxy) is 1. The third-order valence-electron chi connectivity index (χ3n) is 0.934. The topological polar surface area (TPSA) is 136 Å². The van der Waals surface area contributed by atoms with Gasteiger partial charge in [0, 0.05) is 13.2 Å². The van der Waals surface area contributed by atoms with Crippen molar-refractivity contribution < 1.29 is 24.5 Å². The summed E-state index contributed by atoms with van der Waals surface area (Å²) in [6.45, 7) is 0.272. The Hall–Kier alpha value is -1.60. The monoisotopic (exact) mass is 220 g/mol. The van der Waals surface area contributed by atoms with Crippen LogP contribution >= 0.6 is 0 Å². The first-order valence-corrected chi connectivity index (χ1v) is 4.18. The van der Waals surface area contributed by atoms with Crippen molar-refractivity contribution in [3.8, 4) is 0 Å². The van der Waals surface area contributed by atoms with Crippen LogP contribution in [0.2, 0.25) is 0 Å². The van der Waals surface area contributed by atoms with Gasteiger partial charge in [-0.1, -0.05) is 0 Å². The molecule has 0 fully saturated rings. The van der Waals surface area contributed by atoms with Crippen LogP contribution in [0.25, 0.3) is 0 Å². The minimum absolute atomic E-state index is 0.0403. The highest BCUT2D eigenvalue weighted by Gasteiger charge is 1.87. The Labute approximate surface area is 87.3 Å². The van der Waals surface area contributed by atoms with Crippen molar-refractivity contribution in [2.24, 2.45) is 11.5 Å². The first kappa shape index (κ1) is 15.9. The van der Waals surface area contributed by atoms with Crippen molar-refractivity contribution in [3.05, 3.63) is 12.3 Å². The van der Waals surface area contributed by atoms with Crippen molar-refractivity contribution >= 4 is 12.1 Å². The van der Waals surface area contributed by atoms with Crippen molar-refractivity contribution in [2.45, 2.75) is 12.8 Å². The molecule has 0 aliphatic rings. The van der Waals surface area contributed by atoms with Crippen LogP contribution in [0.5, 0.6) is 0 Å². The van der Waals surface area contributed by atoms with Gasteiger partial charge < -0.3 is 26.4 Å². The van der Waals surface area contributed by atoms with E-state index >= 15 is 0 Å². The number of aliphatic carboxylic acids is 1. The summed E-state index contributed by atoms with van der Waals surface area (Å²) < 4.78 is 4.19. The van der Waals surface area contributed by atoms with E-state index in [4.69, 9.17) is 15.9 Å². The molecule has 7 heteroatoms. The normalized spacial score (nSPS) is 9.20. The second-order valence-corrected chi connectivity index (χ2v) is 2.25. The van der Waals surface area contributed by atoms with Gasteiger partial charge in [-0.2, -0.15) is 0 Å². The lowest BCUT2D eigenvalue weighted by atomic mass is 10.4. The summed E-state index contributed by atoms with van der Waals surface area (Å²) in [7, 11) is 0. The molecule has 6 N–H and O–H groups in total. The van der Waals surface area contributed by atoms with Gasteiger partial charge in [0.15, 0.2) is 0 Å². The Morgan fingerprint density at radius 3 is 2.27 bits per heavy atom. The molecule has 0 aromatic heterocycles. The molecule has 0 aromatic carbocycles. The highest BCUT2D eigenvalue weighted by Crippen LogP contribution is 1.81. The van der Waals surface area contributed by atoms with Gasteiger partial charge in [0.2, 0.25) is 0 Å². The molecule has 0 heterocycles. The zero-order chi connectivity index (χ0) is 12.1. The highest BCUT2D eigenvalue weighted by atomic mass is 16.5. The maximum absolute atomic E-state index is 9.85. The molecule has 0 atom stereocenters. The number of hydrogen-bond donors (Lipinski definition) is 4. The first-order valence-electron chi connectivity index (χ1n) is 4.18. The van der Waals surface area contributed by atoms with Crippen LogP contribution in [-0.4, -0.2) is 35.4 Å². The fourth-order valence-electron chi connectivity index (χ4n) is 0.381. The van der Waals surface area contributed by atoms with Crippen LogP contribution in [0.1, 0.15) is 12.8 Å². The van der Waals surface area contributed by atoms with Crippen molar-refractivity contribution in [3.63, 3.8) is 0 Å². The third-order valence-corrected chi connectivity index (χ3v) is 0.934. The summed E-state index contributed by atoms with van der Waals surface area (Å²) in [5.74, 6) is -0.836. The van der Waals surface area contributed by atoms with Gasteiger partial charge in [-0.05, 0) is 12.5 Å². The second-order valence-electron chi connectivity index (χ2n) is 2.25. The summed E-state index contributed by atoms with van der Waals surface area (Å²) in [4.78, 5) is 19.4. The molecule has 0 saturated carbocycles. The summed E-state index contributed by atoms with van der Waals surface area (Å²) >= 11 is 0. The first-order chi connectivity index (χ1) is 7.04. The number of primary amides is 1. The van der Waals surface area contributed by atoms with E-state index in [-0.39, 0.29) is 19.6 Å². The van der Waals surface area contributed by atoms with Crippen LogP contribution in [0.4, 0.5) is 4.79 Å². The van der Waals surface area contributed by atoms with Gasteiger partial charge in [0.05, 0.1) is 12.7 Å². The summed E-state index contributed by atoms with van der Waals surface area (Å²) in [6, 6.07) is 0. The fourth-order valence-corrected chi connectivity index (χ4v) is 0.381. The number of amides is 1. The van der Waals surface area contributed by atoms with Gasteiger partial charge >= 0.3 is 12.1 Å². The number of carboxylic acids is 1. The molecule has 0 saturated heterocycles. The number of carbonyl (C=O) groups is 2. The maximum Gasteiger partial charge on any atom is 0.409 e. The Bertz CT molecular complexity index is 205. The number of nitrogens with two attached hydrogens (primary N) is 2. The van der Waals surface area contributed by atoms with Crippen molar-refractivity contribution in [1.82, 2.24) is 0 Å². The Kier molecular flexibility index (Phi) is 13.1. The predicted molar refractivity (Wildman–Crippen MR) is 52.8 cm³/mol. The summed E-state index contributed by atoms with van der Waals surface area (Å²) in [6.07, 6.45) is 2.35. The Balaban J connectivity index is 0. The van der Waals surface area contributed by atoms with E-state index < -0.39 is 12.1 Å². The van der Waals surface area contributed by atoms with E-state index in [0.29, 0.717) is 6.42 Å². The highest BCUT2D eigenvalue weighted by molar-refractivity contribution is 5.66. The Morgan fingerprint density at radius 2 is 2.00 bits per heavy atom. The average Bonchev–Trinajstić information content (AvgIpc) is 2.13. The molecular formula is C8H16N2O5. The van der Waals surface area contributed by atoms with E-state index in [2.05, 4.69) is 10.5 Å². The summed E-state index contributed by atoms with van der Waals surface area (Å²) in [5.41, 5.74) is 9.45. The van der Waals surface area contributed by atoms with E-state index in [1.165, 1.54) is 6.08 Å². The number of aliphatic hydroxyl groups is 1. The van der Waals surface area contributed by atoms with Gasteiger partial charge in [-0.25, -0.2) is 4.79 Å². The molecule has 0 aliphatic carbocycles. The number of rotatable bonds is 5. The second kappa shape index (κ2) is 12.4. The minimum Gasteiger partial charge on any atom is -0.481 e. The number of carbonyl (C=O) groups excluding carboxylic acids is 1. The van der Waals surface area contributed by atoms with Crippen LogP contribution < -0.4 is 11.5 Å². The van der Waals surface area contributed by atoms with E-state index in [9.17, 15) is 9.59 Å². The molecule has 0 spiro atoms. The molecule has 88 valence electrons. The average molecular weight is 220 g/mol. The third kappa shape index (κ3) is 24.5. The molecule has 0 rings (SSSR count). The van der Waals surface area contributed by atoms with Gasteiger partial charge in [0.25, 0.3) is 0 Å². The molecule has 0 aliphatic heterocycles. The molecule has 0 aromatic rings. The molecule has 0 bridgehead atoms. The lowest BCUT2D eigenvalue weighted by Gasteiger charge is -1.88. The van der Waals surface area contributed by atoms with E-state index in [1.54, 1.807) is 0 Å². The number of carboxylic acid groups (broad SMARTS) is 1. The van der Waals surface area contributed by atoms with Crippen molar-refractivity contribution in [1.29, 1.82) is 0 Å². The SMILES string of the molecule is NC(=O)OC=CCCO.NCCC(=O)O. The van der Waals surface area contributed by atoms with Crippen LogP contribution in [0, 0.1) is 0 Å². The zero-order valence-corrected chi connectivity index (χ0v) is 8.26. The smallest absolute Gasteiger partial charge is 0.409 e. The predicted octanol–water partition coefficient (Wildman–Crippen LogP) is -0.602. The van der Waals surface area contributed by atoms with Gasteiger partial charge in [-0.15, -0.1) is 0 Å². The molecule has 0 radical (unpaired) electrons. The van der Waals surface area contributed by atoms with E-state index in [0.717, 1.165) is 6.26 Å². The van der Waals surface area contributed by atoms with Crippen LogP contribution in [-0.2, 0) is 9.53 Å². The Morgan fingerprint density at radius 1 is 1.40 bits per heavy atom. The minimum atomic E-state index is -0.843. The maximum atomic E-state index is 9.85. The van der Waals surface area contributed by atoms with Crippen LogP contribution in [0.15, 0.2) is 12.3 Å². The standard InChI is InChI=1S/C5H9NO3.C3H7NO2/c6-5(8)9-4-2-1-3-7;4-2-1-3(5)6/h2,4,7H,1,3H2,(H2,6,8);1-2,4H2,(H,5,6). The number of hydrogen-bond acceptors (Lipinski definition) is 5. The molecule has 15 heavy (non-hydrogen) atoms. The lowest BCUT2D eigenvalue weighted by molar-refractivity contribution is -0.136. The zero-order valence-electron chi connectivity index (χ0n) is 8.26. The quantitative estimate of drug-likeness (QED) is 0.456. The molecular weight excluding hydrogens is 204 g/mol. The summed E-state index contributed by atoms with van der Waals surface area (Å²) in [5, 5.41) is 16.0. The molecule has 0 unspecified atom stereocenters. The molecule has 7 nitrogen and oxygen atoms in total. The fraction of sp³-hybridized carbons (Fsp3) is 0.500. The largest absolute Gasteiger partial charge is 0.481 e. The van der Waals surface area contributed by atoms with Crippen LogP contribution in [0.3, 0.4) is 0 Å².